The second-order valence-corrected chi connectivity index (χ2v) is 7.37. The molecule has 1 saturated heterocycles. The zero-order valence-corrected chi connectivity index (χ0v) is 15.8. The van der Waals surface area contributed by atoms with Gasteiger partial charge in [0, 0.05) is 44.9 Å². The maximum Gasteiger partial charge on any atom is 0.264 e. The number of hydrogen-bond acceptors (Lipinski definition) is 6. The van der Waals surface area contributed by atoms with Gasteiger partial charge in [-0.25, -0.2) is 9.97 Å². The first-order chi connectivity index (χ1) is 13.8. The molecule has 0 aliphatic carbocycles. The van der Waals surface area contributed by atoms with Crippen LogP contribution in [0, 0.1) is 5.92 Å². The molecular formula is C21H25N5O2. The van der Waals surface area contributed by atoms with Crippen molar-refractivity contribution in [1.29, 1.82) is 0 Å². The summed E-state index contributed by atoms with van der Waals surface area (Å²) in [6.07, 6.45) is 6.44. The van der Waals surface area contributed by atoms with E-state index < -0.39 is 6.10 Å². The summed E-state index contributed by atoms with van der Waals surface area (Å²) in [6.45, 7) is 2.44. The SMILES string of the molecule is O=C(NCC1CCCN(c2ncccn2)C1)C1CC(Cc2ccccc2)=NO1. The molecule has 2 aliphatic heterocycles. The van der Waals surface area contributed by atoms with Gasteiger partial charge in [-0.2, -0.15) is 0 Å². The van der Waals surface area contributed by atoms with E-state index in [4.69, 9.17) is 4.84 Å². The number of piperidine rings is 1. The number of carbonyl (C=O) groups excluding carboxylic acids is 1. The van der Waals surface area contributed by atoms with Crippen molar-refractivity contribution >= 4 is 17.6 Å². The van der Waals surface area contributed by atoms with E-state index in [1.54, 1.807) is 12.4 Å². The maximum absolute atomic E-state index is 12.5. The van der Waals surface area contributed by atoms with E-state index in [0.717, 1.165) is 44.0 Å². The second-order valence-electron chi connectivity index (χ2n) is 7.37. The van der Waals surface area contributed by atoms with Gasteiger partial charge in [-0.1, -0.05) is 35.5 Å². The normalized spacial score (nSPS) is 21.7. The molecule has 2 aliphatic rings. The number of nitrogens with zero attached hydrogens (tertiary/aromatic N) is 4. The van der Waals surface area contributed by atoms with Crippen LogP contribution in [-0.4, -0.2) is 47.3 Å². The van der Waals surface area contributed by atoms with E-state index >= 15 is 0 Å². The molecule has 3 heterocycles. The summed E-state index contributed by atoms with van der Waals surface area (Å²) < 4.78 is 0. The van der Waals surface area contributed by atoms with Crippen LogP contribution in [0.5, 0.6) is 0 Å². The Morgan fingerprint density at radius 3 is 2.82 bits per heavy atom. The van der Waals surface area contributed by atoms with Gasteiger partial charge in [0.15, 0.2) is 0 Å². The van der Waals surface area contributed by atoms with Crippen LogP contribution in [0.4, 0.5) is 5.95 Å². The van der Waals surface area contributed by atoms with Crippen LogP contribution < -0.4 is 10.2 Å². The molecule has 1 amide bonds. The standard InChI is InChI=1S/C21H25N5O2/c27-20(19-13-18(25-28-19)12-16-6-2-1-3-7-16)24-14-17-8-4-11-26(15-17)21-22-9-5-10-23-21/h1-3,5-7,9-10,17,19H,4,8,11-15H2,(H,24,27). The Balaban J connectivity index is 1.23. The molecule has 7 heteroatoms. The molecule has 0 saturated carbocycles. The van der Waals surface area contributed by atoms with Gasteiger partial charge in [0.25, 0.3) is 5.91 Å². The van der Waals surface area contributed by atoms with E-state index in [9.17, 15) is 4.79 Å². The fourth-order valence-corrected chi connectivity index (χ4v) is 3.73. The van der Waals surface area contributed by atoms with Crippen LogP contribution in [0.25, 0.3) is 0 Å². The molecule has 1 aromatic heterocycles. The Bertz CT molecular complexity index is 812. The predicted molar refractivity (Wildman–Crippen MR) is 107 cm³/mol. The molecule has 0 bridgehead atoms. The first-order valence-electron chi connectivity index (χ1n) is 9.83. The summed E-state index contributed by atoms with van der Waals surface area (Å²) in [5.41, 5.74) is 2.09. The highest BCUT2D eigenvalue weighted by Crippen LogP contribution is 2.20. The fraction of sp³-hybridized carbons (Fsp3) is 0.429. The largest absolute Gasteiger partial charge is 0.382 e. The topological polar surface area (TPSA) is 79.7 Å². The summed E-state index contributed by atoms with van der Waals surface area (Å²) in [5.74, 6) is 1.06. The molecule has 4 rings (SSSR count). The molecule has 146 valence electrons. The third-order valence-corrected chi connectivity index (χ3v) is 5.19. The molecule has 2 unspecified atom stereocenters. The number of amides is 1. The molecular weight excluding hydrogens is 354 g/mol. The Labute approximate surface area is 164 Å². The van der Waals surface area contributed by atoms with Crippen molar-refractivity contribution in [2.45, 2.75) is 31.8 Å². The highest BCUT2D eigenvalue weighted by atomic mass is 16.6. The first kappa shape index (κ1) is 18.4. The van der Waals surface area contributed by atoms with Crippen molar-refractivity contribution in [1.82, 2.24) is 15.3 Å². The number of anilines is 1. The average Bonchev–Trinajstić information content (AvgIpc) is 3.22. The van der Waals surface area contributed by atoms with Crippen LogP contribution in [0.1, 0.15) is 24.8 Å². The summed E-state index contributed by atoms with van der Waals surface area (Å²) in [7, 11) is 0. The minimum Gasteiger partial charge on any atom is -0.382 e. The smallest absolute Gasteiger partial charge is 0.264 e. The van der Waals surface area contributed by atoms with E-state index in [-0.39, 0.29) is 5.91 Å². The molecule has 1 aromatic carbocycles. The lowest BCUT2D eigenvalue weighted by atomic mass is 9.98. The van der Waals surface area contributed by atoms with Crippen LogP contribution in [0.3, 0.4) is 0 Å². The van der Waals surface area contributed by atoms with Gasteiger partial charge in [0.1, 0.15) is 0 Å². The molecule has 1 fully saturated rings. The number of nitrogens with one attached hydrogen (secondary N) is 1. The third kappa shape index (κ3) is 4.65. The number of rotatable bonds is 6. The van der Waals surface area contributed by atoms with Gasteiger partial charge in [0.2, 0.25) is 12.1 Å². The van der Waals surface area contributed by atoms with Gasteiger partial charge < -0.3 is 15.1 Å². The monoisotopic (exact) mass is 379 g/mol. The minimum atomic E-state index is -0.518. The molecule has 0 spiro atoms. The van der Waals surface area contributed by atoms with Crippen molar-refractivity contribution in [2.75, 3.05) is 24.5 Å². The highest BCUT2D eigenvalue weighted by molar-refractivity contribution is 5.93. The Morgan fingerprint density at radius 1 is 1.18 bits per heavy atom. The highest BCUT2D eigenvalue weighted by Gasteiger charge is 2.29. The predicted octanol–water partition coefficient (Wildman–Crippen LogP) is 2.20. The first-order valence-corrected chi connectivity index (χ1v) is 9.83. The van der Waals surface area contributed by atoms with E-state index in [0.29, 0.717) is 18.9 Å². The molecule has 7 nitrogen and oxygen atoms in total. The van der Waals surface area contributed by atoms with E-state index in [1.807, 2.05) is 24.3 Å². The lowest BCUT2D eigenvalue weighted by Gasteiger charge is -2.32. The molecule has 1 N–H and O–H groups in total. The van der Waals surface area contributed by atoms with Gasteiger partial charge in [-0.05, 0) is 30.4 Å². The Hall–Kier alpha value is -2.96. The van der Waals surface area contributed by atoms with E-state index in [2.05, 4.69) is 37.5 Å². The summed E-state index contributed by atoms with van der Waals surface area (Å²) in [5, 5.41) is 7.16. The summed E-state index contributed by atoms with van der Waals surface area (Å²) >= 11 is 0. The summed E-state index contributed by atoms with van der Waals surface area (Å²) in [6, 6.07) is 11.9. The Morgan fingerprint density at radius 2 is 2.00 bits per heavy atom. The van der Waals surface area contributed by atoms with Gasteiger partial charge in [-0.15, -0.1) is 0 Å². The average molecular weight is 379 g/mol. The Kier molecular flexibility index (Phi) is 5.80. The number of carbonyl (C=O) groups is 1. The fourth-order valence-electron chi connectivity index (χ4n) is 3.73. The van der Waals surface area contributed by atoms with Gasteiger partial charge in [0.05, 0.1) is 5.71 Å². The van der Waals surface area contributed by atoms with Gasteiger partial charge >= 0.3 is 0 Å². The van der Waals surface area contributed by atoms with Crippen LogP contribution in [-0.2, 0) is 16.1 Å². The minimum absolute atomic E-state index is 0.0834. The van der Waals surface area contributed by atoms with Crippen LogP contribution >= 0.6 is 0 Å². The zero-order chi connectivity index (χ0) is 19.2. The lowest BCUT2D eigenvalue weighted by molar-refractivity contribution is -0.131. The summed E-state index contributed by atoms with van der Waals surface area (Å²) in [4.78, 5) is 28.7. The number of hydrogen-bond donors (Lipinski definition) is 1. The van der Waals surface area contributed by atoms with Crippen molar-refractivity contribution < 1.29 is 9.63 Å². The van der Waals surface area contributed by atoms with Gasteiger partial charge in [-0.3, -0.25) is 4.79 Å². The lowest BCUT2D eigenvalue weighted by Crippen LogP contribution is -2.43. The van der Waals surface area contributed by atoms with Crippen LogP contribution in [0.2, 0.25) is 0 Å². The van der Waals surface area contributed by atoms with Crippen LogP contribution in [0.15, 0.2) is 53.9 Å². The van der Waals surface area contributed by atoms with Crippen molar-refractivity contribution in [3.05, 3.63) is 54.4 Å². The molecule has 2 aromatic rings. The maximum atomic E-state index is 12.5. The number of benzene rings is 1. The van der Waals surface area contributed by atoms with Crippen molar-refractivity contribution in [3.8, 4) is 0 Å². The molecule has 2 atom stereocenters. The molecule has 0 radical (unpaired) electrons. The van der Waals surface area contributed by atoms with E-state index in [1.165, 1.54) is 5.56 Å². The zero-order valence-electron chi connectivity index (χ0n) is 15.8. The quantitative estimate of drug-likeness (QED) is 0.832. The van der Waals surface area contributed by atoms with Crippen molar-refractivity contribution in [2.24, 2.45) is 11.1 Å². The number of aromatic nitrogens is 2. The number of oxime groups is 1. The molecule has 28 heavy (non-hydrogen) atoms. The second kappa shape index (κ2) is 8.82. The van der Waals surface area contributed by atoms with Crippen molar-refractivity contribution in [3.63, 3.8) is 0 Å². The third-order valence-electron chi connectivity index (χ3n) is 5.19.